The Hall–Kier alpha value is -3.46. The van der Waals surface area contributed by atoms with E-state index in [1.54, 1.807) is 18.3 Å². The molecule has 0 saturated carbocycles. The average molecular weight is 325 g/mol. The molecule has 0 fully saturated rings. The first kappa shape index (κ1) is 15.1. The molecular formula is C22H15NO2. The van der Waals surface area contributed by atoms with Crippen molar-refractivity contribution in [3.8, 4) is 22.8 Å². The molecule has 120 valence electrons. The molecule has 0 spiro atoms. The molecule has 0 bridgehead atoms. The quantitative estimate of drug-likeness (QED) is 0.465. The molecule has 4 rings (SSSR count). The first-order chi connectivity index (χ1) is 12.3. The Balaban J connectivity index is 1.77. The van der Waals surface area contributed by atoms with Crippen LogP contribution in [0.25, 0.3) is 21.9 Å². The van der Waals surface area contributed by atoms with Gasteiger partial charge in [0.1, 0.15) is 12.0 Å². The highest BCUT2D eigenvalue weighted by molar-refractivity contribution is 5.87. The van der Waals surface area contributed by atoms with Gasteiger partial charge in [-0.25, -0.2) is 4.98 Å². The Bertz CT molecular complexity index is 1030. The van der Waals surface area contributed by atoms with Gasteiger partial charge in [-0.15, -0.1) is 0 Å². The minimum atomic E-state index is 0.579. The zero-order valence-corrected chi connectivity index (χ0v) is 13.4. The molecule has 0 amide bonds. The average Bonchev–Trinajstić information content (AvgIpc) is 2.69. The lowest BCUT2D eigenvalue weighted by atomic mass is 10.0. The SMILES string of the molecule is O=Cc1ccc(-c2ccccc2Oc2nccc3ccccc23)cc1. The van der Waals surface area contributed by atoms with Crippen molar-refractivity contribution in [1.29, 1.82) is 0 Å². The molecule has 3 heteroatoms. The molecule has 25 heavy (non-hydrogen) atoms. The number of benzene rings is 3. The largest absolute Gasteiger partial charge is 0.438 e. The summed E-state index contributed by atoms with van der Waals surface area (Å²) < 4.78 is 6.15. The van der Waals surface area contributed by atoms with E-state index in [-0.39, 0.29) is 0 Å². The predicted octanol–water partition coefficient (Wildman–Crippen LogP) is 5.51. The van der Waals surface area contributed by atoms with Gasteiger partial charge < -0.3 is 4.74 Å². The number of pyridine rings is 1. The fourth-order valence-corrected chi connectivity index (χ4v) is 2.81. The number of carbonyl (C=O) groups excluding carboxylic acids is 1. The molecule has 0 atom stereocenters. The molecule has 0 aliphatic carbocycles. The molecule has 0 aliphatic rings. The number of fused-ring (bicyclic) bond motifs is 1. The lowest BCUT2D eigenvalue weighted by Gasteiger charge is -2.12. The van der Waals surface area contributed by atoms with Crippen molar-refractivity contribution in [3.63, 3.8) is 0 Å². The summed E-state index contributed by atoms with van der Waals surface area (Å²) in [5, 5.41) is 2.05. The summed E-state index contributed by atoms with van der Waals surface area (Å²) in [6, 6.07) is 25.2. The summed E-state index contributed by atoms with van der Waals surface area (Å²) in [4.78, 5) is 15.2. The fraction of sp³-hybridized carbons (Fsp3) is 0. The Labute approximate surface area is 145 Å². The number of para-hydroxylation sites is 1. The molecule has 1 aromatic heterocycles. The van der Waals surface area contributed by atoms with Crippen molar-refractivity contribution in [1.82, 2.24) is 4.98 Å². The number of carbonyl (C=O) groups is 1. The minimum Gasteiger partial charge on any atom is -0.438 e. The molecule has 0 N–H and O–H groups in total. The topological polar surface area (TPSA) is 39.2 Å². The summed E-state index contributed by atoms with van der Waals surface area (Å²) in [5.74, 6) is 1.31. The highest BCUT2D eigenvalue weighted by atomic mass is 16.5. The Morgan fingerprint density at radius 2 is 1.56 bits per heavy atom. The zero-order chi connectivity index (χ0) is 17.1. The maximum atomic E-state index is 10.9. The van der Waals surface area contributed by atoms with Gasteiger partial charge in [-0.2, -0.15) is 0 Å². The summed E-state index contributed by atoms with van der Waals surface area (Å²) in [6.45, 7) is 0. The standard InChI is InChI=1S/C22H15NO2/c24-15-16-9-11-18(12-10-16)19-6-3-4-8-21(19)25-22-20-7-2-1-5-17(20)13-14-23-22/h1-15H. The Kier molecular flexibility index (Phi) is 3.97. The van der Waals surface area contributed by atoms with Gasteiger partial charge in [-0.3, -0.25) is 4.79 Å². The van der Waals surface area contributed by atoms with Crippen LogP contribution in [-0.4, -0.2) is 11.3 Å². The van der Waals surface area contributed by atoms with Gasteiger partial charge in [0.15, 0.2) is 0 Å². The van der Waals surface area contributed by atoms with Crippen LogP contribution in [0.1, 0.15) is 10.4 Å². The second-order valence-corrected chi connectivity index (χ2v) is 5.68. The van der Waals surface area contributed by atoms with Crippen molar-refractivity contribution in [2.24, 2.45) is 0 Å². The molecule has 0 aliphatic heterocycles. The molecule has 0 radical (unpaired) electrons. The van der Waals surface area contributed by atoms with E-state index < -0.39 is 0 Å². The van der Waals surface area contributed by atoms with Gasteiger partial charge in [0, 0.05) is 22.7 Å². The van der Waals surface area contributed by atoms with Crippen LogP contribution in [0.15, 0.2) is 85.1 Å². The van der Waals surface area contributed by atoms with E-state index in [4.69, 9.17) is 4.74 Å². The van der Waals surface area contributed by atoms with E-state index >= 15 is 0 Å². The number of hydrogen-bond donors (Lipinski definition) is 0. The third kappa shape index (κ3) is 3.00. The number of hydrogen-bond acceptors (Lipinski definition) is 3. The summed E-state index contributed by atoms with van der Waals surface area (Å²) in [7, 11) is 0. The van der Waals surface area contributed by atoms with E-state index in [1.165, 1.54) is 0 Å². The monoisotopic (exact) mass is 325 g/mol. The van der Waals surface area contributed by atoms with E-state index in [9.17, 15) is 4.79 Å². The van der Waals surface area contributed by atoms with E-state index in [1.807, 2.05) is 66.7 Å². The van der Waals surface area contributed by atoms with Crippen LogP contribution in [0.4, 0.5) is 0 Å². The molecule has 4 aromatic rings. The summed E-state index contributed by atoms with van der Waals surface area (Å²) >= 11 is 0. The smallest absolute Gasteiger partial charge is 0.227 e. The third-order valence-electron chi connectivity index (χ3n) is 4.09. The second kappa shape index (κ2) is 6.57. The van der Waals surface area contributed by atoms with Crippen LogP contribution in [0.3, 0.4) is 0 Å². The summed E-state index contributed by atoms with van der Waals surface area (Å²) in [5.41, 5.74) is 2.59. The number of aromatic nitrogens is 1. The maximum Gasteiger partial charge on any atom is 0.227 e. The van der Waals surface area contributed by atoms with Gasteiger partial charge in [0.2, 0.25) is 5.88 Å². The molecule has 3 aromatic carbocycles. The van der Waals surface area contributed by atoms with Gasteiger partial charge in [-0.05, 0) is 29.1 Å². The number of nitrogens with zero attached hydrogens (tertiary/aromatic N) is 1. The van der Waals surface area contributed by atoms with Crippen LogP contribution in [0.2, 0.25) is 0 Å². The fourth-order valence-electron chi connectivity index (χ4n) is 2.81. The third-order valence-corrected chi connectivity index (χ3v) is 4.09. The predicted molar refractivity (Wildman–Crippen MR) is 99.1 cm³/mol. The second-order valence-electron chi connectivity index (χ2n) is 5.68. The van der Waals surface area contributed by atoms with Gasteiger partial charge in [0.25, 0.3) is 0 Å². The Morgan fingerprint density at radius 1 is 0.800 bits per heavy atom. The van der Waals surface area contributed by atoms with Gasteiger partial charge in [-0.1, -0.05) is 60.7 Å². The lowest BCUT2D eigenvalue weighted by Crippen LogP contribution is -1.92. The zero-order valence-electron chi connectivity index (χ0n) is 13.4. The van der Waals surface area contributed by atoms with Crippen LogP contribution in [0, 0.1) is 0 Å². The first-order valence-corrected chi connectivity index (χ1v) is 8.01. The molecule has 3 nitrogen and oxygen atoms in total. The van der Waals surface area contributed by atoms with Crippen LogP contribution < -0.4 is 4.74 Å². The number of ether oxygens (including phenoxy) is 1. The highest BCUT2D eigenvalue weighted by Gasteiger charge is 2.10. The number of rotatable bonds is 4. The summed E-state index contributed by atoms with van der Waals surface area (Å²) in [6.07, 6.45) is 2.59. The molecule has 0 saturated heterocycles. The van der Waals surface area contributed by atoms with E-state index in [0.29, 0.717) is 11.4 Å². The van der Waals surface area contributed by atoms with Crippen molar-refractivity contribution < 1.29 is 9.53 Å². The molecular weight excluding hydrogens is 310 g/mol. The lowest BCUT2D eigenvalue weighted by molar-refractivity contribution is 0.112. The number of aldehydes is 1. The van der Waals surface area contributed by atoms with Crippen molar-refractivity contribution in [2.75, 3.05) is 0 Å². The van der Waals surface area contributed by atoms with Crippen molar-refractivity contribution in [3.05, 3.63) is 90.6 Å². The van der Waals surface area contributed by atoms with Crippen molar-refractivity contribution in [2.45, 2.75) is 0 Å². The van der Waals surface area contributed by atoms with Gasteiger partial charge in [0.05, 0.1) is 0 Å². The van der Waals surface area contributed by atoms with Crippen molar-refractivity contribution >= 4 is 17.1 Å². The van der Waals surface area contributed by atoms with E-state index in [2.05, 4.69) is 4.98 Å². The van der Waals surface area contributed by atoms with Gasteiger partial charge >= 0.3 is 0 Å². The Morgan fingerprint density at radius 3 is 2.40 bits per heavy atom. The highest BCUT2D eigenvalue weighted by Crippen LogP contribution is 2.34. The normalized spacial score (nSPS) is 10.6. The van der Waals surface area contributed by atoms with Crippen LogP contribution in [-0.2, 0) is 0 Å². The molecule has 1 heterocycles. The van der Waals surface area contributed by atoms with Crippen LogP contribution >= 0.6 is 0 Å². The maximum absolute atomic E-state index is 10.9. The van der Waals surface area contributed by atoms with Crippen LogP contribution in [0.5, 0.6) is 11.6 Å². The molecule has 0 unspecified atom stereocenters. The minimum absolute atomic E-state index is 0.579. The first-order valence-electron chi connectivity index (χ1n) is 8.01. The van der Waals surface area contributed by atoms with E-state index in [0.717, 1.165) is 33.9 Å².